The van der Waals surface area contributed by atoms with E-state index in [0.717, 1.165) is 0 Å². The molecule has 0 aliphatic rings. The van der Waals surface area contributed by atoms with Crippen LogP contribution in [0.5, 0.6) is 0 Å². The standard InChI is InChI=1S/C7H14ClO4P/c1-3-11-13(10,12-4-2)6-7(9)5-8/h3-6H2,1-2H3. The van der Waals surface area contributed by atoms with Crippen LogP contribution in [0.4, 0.5) is 0 Å². The summed E-state index contributed by atoms with van der Waals surface area (Å²) in [6.45, 7) is 3.90. The molecule has 0 fully saturated rings. The number of Topliss-reactive ketones (excluding diaryl/α,β-unsaturated/α-hetero) is 1. The van der Waals surface area contributed by atoms with Crippen LogP contribution in [0.1, 0.15) is 13.8 Å². The quantitative estimate of drug-likeness (QED) is 0.494. The van der Waals surface area contributed by atoms with E-state index in [2.05, 4.69) is 0 Å². The molecule has 0 aromatic heterocycles. The zero-order valence-electron chi connectivity index (χ0n) is 7.79. The van der Waals surface area contributed by atoms with Crippen LogP contribution in [0.3, 0.4) is 0 Å². The second kappa shape index (κ2) is 6.55. The number of rotatable bonds is 7. The highest BCUT2D eigenvalue weighted by Crippen LogP contribution is 2.47. The Hall–Kier alpha value is 0.110. The van der Waals surface area contributed by atoms with Crippen molar-refractivity contribution in [1.29, 1.82) is 0 Å². The van der Waals surface area contributed by atoms with Gasteiger partial charge in [-0.2, -0.15) is 0 Å². The minimum absolute atomic E-state index is 0.163. The zero-order chi connectivity index (χ0) is 10.3. The molecule has 0 aliphatic heterocycles. The monoisotopic (exact) mass is 228 g/mol. The fourth-order valence-electron chi connectivity index (χ4n) is 0.780. The number of halogens is 1. The first-order valence-corrected chi connectivity index (χ1v) is 6.30. The molecule has 0 spiro atoms. The predicted octanol–water partition coefficient (Wildman–Crippen LogP) is 2.06. The van der Waals surface area contributed by atoms with E-state index >= 15 is 0 Å². The second-order valence-electron chi connectivity index (χ2n) is 2.28. The summed E-state index contributed by atoms with van der Waals surface area (Å²) < 4.78 is 21.5. The van der Waals surface area contributed by atoms with Crippen LogP contribution in [0.2, 0.25) is 0 Å². The van der Waals surface area contributed by atoms with Gasteiger partial charge in [0.25, 0.3) is 0 Å². The summed E-state index contributed by atoms with van der Waals surface area (Å²) in [4.78, 5) is 10.9. The molecule has 0 unspecified atom stereocenters. The summed E-state index contributed by atoms with van der Waals surface area (Å²) in [6, 6.07) is 0. The van der Waals surface area contributed by atoms with Gasteiger partial charge >= 0.3 is 7.60 Å². The van der Waals surface area contributed by atoms with Crippen LogP contribution in [0, 0.1) is 0 Å². The van der Waals surface area contributed by atoms with Crippen LogP contribution < -0.4 is 0 Å². The summed E-state index contributed by atoms with van der Waals surface area (Å²) in [5, 5.41) is 0. The molecule has 0 aromatic carbocycles. The Morgan fingerprint density at radius 1 is 1.31 bits per heavy atom. The Labute approximate surface area is 83.1 Å². The van der Waals surface area contributed by atoms with Gasteiger partial charge in [-0.05, 0) is 13.8 Å². The van der Waals surface area contributed by atoms with Crippen molar-refractivity contribution in [3.05, 3.63) is 0 Å². The van der Waals surface area contributed by atoms with Crippen LogP contribution in [-0.2, 0) is 18.4 Å². The molecule has 0 saturated heterocycles. The third-order valence-corrected chi connectivity index (χ3v) is 3.51. The molecule has 0 bridgehead atoms. The van der Waals surface area contributed by atoms with Crippen molar-refractivity contribution in [3.8, 4) is 0 Å². The van der Waals surface area contributed by atoms with E-state index in [9.17, 15) is 9.36 Å². The van der Waals surface area contributed by atoms with Crippen molar-refractivity contribution in [2.75, 3.05) is 25.3 Å². The Morgan fingerprint density at radius 3 is 2.08 bits per heavy atom. The molecule has 0 N–H and O–H groups in total. The lowest BCUT2D eigenvalue weighted by atomic mass is 10.5. The Bertz CT molecular complexity index is 197. The van der Waals surface area contributed by atoms with Crippen molar-refractivity contribution in [3.63, 3.8) is 0 Å². The van der Waals surface area contributed by atoms with E-state index in [4.69, 9.17) is 20.6 Å². The molecule has 6 heteroatoms. The van der Waals surface area contributed by atoms with E-state index in [1.807, 2.05) is 0 Å². The summed E-state index contributed by atoms with van der Waals surface area (Å²) in [5.41, 5.74) is 0. The van der Waals surface area contributed by atoms with Gasteiger partial charge in [0.2, 0.25) is 0 Å². The highest BCUT2D eigenvalue weighted by Gasteiger charge is 2.26. The first-order chi connectivity index (χ1) is 6.08. The van der Waals surface area contributed by atoms with Gasteiger partial charge < -0.3 is 9.05 Å². The maximum atomic E-state index is 11.7. The van der Waals surface area contributed by atoms with Crippen LogP contribution in [0.15, 0.2) is 0 Å². The molecule has 78 valence electrons. The van der Waals surface area contributed by atoms with Crippen molar-refractivity contribution < 1.29 is 18.4 Å². The molecule has 0 aliphatic carbocycles. The highest BCUT2D eigenvalue weighted by molar-refractivity contribution is 7.54. The summed E-state index contributed by atoms with van der Waals surface area (Å²) in [5.74, 6) is -0.490. The molecular formula is C7H14ClO4P. The van der Waals surface area contributed by atoms with E-state index in [1.165, 1.54) is 0 Å². The topological polar surface area (TPSA) is 52.6 Å². The third-order valence-electron chi connectivity index (χ3n) is 1.17. The van der Waals surface area contributed by atoms with E-state index in [1.54, 1.807) is 13.8 Å². The van der Waals surface area contributed by atoms with E-state index in [0.29, 0.717) is 0 Å². The normalized spacial score (nSPS) is 11.6. The van der Waals surface area contributed by atoms with Gasteiger partial charge in [-0.25, -0.2) is 0 Å². The highest BCUT2D eigenvalue weighted by atomic mass is 35.5. The minimum Gasteiger partial charge on any atom is -0.309 e. The van der Waals surface area contributed by atoms with Gasteiger partial charge in [0.15, 0.2) is 5.78 Å². The third kappa shape index (κ3) is 5.42. The largest absolute Gasteiger partial charge is 0.338 e. The van der Waals surface area contributed by atoms with Crippen LogP contribution >= 0.6 is 19.2 Å². The first kappa shape index (κ1) is 13.1. The van der Waals surface area contributed by atoms with Crippen molar-refractivity contribution in [2.45, 2.75) is 13.8 Å². The van der Waals surface area contributed by atoms with Gasteiger partial charge in [-0.3, -0.25) is 9.36 Å². The van der Waals surface area contributed by atoms with Gasteiger partial charge in [0.1, 0.15) is 6.16 Å². The SMILES string of the molecule is CCOP(=O)(CC(=O)CCl)OCC. The van der Waals surface area contributed by atoms with Crippen molar-refractivity contribution in [2.24, 2.45) is 0 Å². The number of carbonyl (C=O) groups excluding carboxylic acids is 1. The summed E-state index contributed by atoms with van der Waals surface area (Å²) in [7, 11) is -3.23. The Morgan fingerprint density at radius 2 is 1.77 bits per heavy atom. The number of ketones is 1. The molecule has 0 amide bonds. The number of hydrogen-bond donors (Lipinski definition) is 0. The lowest BCUT2D eigenvalue weighted by Crippen LogP contribution is -2.10. The molecule has 0 saturated carbocycles. The van der Waals surface area contributed by atoms with Gasteiger partial charge in [-0.1, -0.05) is 0 Å². The maximum Gasteiger partial charge on any atom is 0.338 e. The van der Waals surface area contributed by atoms with E-state index in [-0.39, 0.29) is 31.0 Å². The summed E-state index contributed by atoms with van der Waals surface area (Å²) in [6.07, 6.45) is -0.238. The van der Waals surface area contributed by atoms with Crippen LogP contribution in [-0.4, -0.2) is 31.0 Å². The fourth-order valence-corrected chi connectivity index (χ4v) is 2.59. The summed E-state index contributed by atoms with van der Waals surface area (Å²) >= 11 is 5.28. The average molecular weight is 229 g/mol. The van der Waals surface area contributed by atoms with Crippen molar-refractivity contribution >= 4 is 25.0 Å². The number of hydrogen-bond acceptors (Lipinski definition) is 4. The maximum absolute atomic E-state index is 11.7. The van der Waals surface area contributed by atoms with Gasteiger partial charge in [0.05, 0.1) is 19.1 Å². The molecule has 0 rings (SSSR count). The Kier molecular flexibility index (Phi) is 6.60. The molecule has 0 aromatic rings. The predicted molar refractivity (Wildman–Crippen MR) is 51.5 cm³/mol. The average Bonchev–Trinajstić information content (AvgIpc) is 2.04. The minimum atomic E-state index is -3.23. The molecule has 4 nitrogen and oxygen atoms in total. The Balaban J connectivity index is 4.23. The van der Waals surface area contributed by atoms with Gasteiger partial charge in [0, 0.05) is 0 Å². The lowest BCUT2D eigenvalue weighted by molar-refractivity contribution is -0.114. The molecule has 0 radical (unpaired) electrons. The number of carbonyl (C=O) groups is 1. The van der Waals surface area contributed by atoms with Crippen molar-refractivity contribution in [1.82, 2.24) is 0 Å². The smallest absolute Gasteiger partial charge is 0.309 e. The first-order valence-electron chi connectivity index (χ1n) is 4.03. The van der Waals surface area contributed by atoms with Crippen LogP contribution in [0.25, 0.3) is 0 Å². The molecule has 13 heavy (non-hydrogen) atoms. The molecule has 0 heterocycles. The molecular weight excluding hydrogens is 214 g/mol. The molecule has 0 atom stereocenters. The zero-order valence-corrected chi connectivity index (χ0v) is 9.44. The lowest BCUT2D eigenvalue weighted by Gasteiger charge is -2.15. The second-order valence-corrected chi connectivity index (χ2v) is 4.60. The number of alkyl halides is 1. The fraction of sp³-hybridized carbons (Fsp3) is 0.857. The van der Waals surface area contributed by atoms with E-state index < -0.39 is 7.60 Å². The van der Waals surface area contributed by atoms with Gasteiger partial charge in [-0.15, -0.1) is 11.6 Å².